The summed E-state index contributed by atoms with van der Waals surface area (Å²) in [5.74, 6) is 0.461. The van der Waals surface area contributed by atoms with E-state index in [1.54, 1.807) is 22.8 Å². The van der Waals surface area contributed by atoms with Crippen molar-refractivity contribution in [3.8, 4) is 17.3 Å². The third-order valence-corrected chi connectivity index (χ3v) is 3.71. The van der Waals surface area contributed by atoms with Crippen LogP contribution in [0.4, 0.5) is 5.82 Å². The molecule has 0 saturated heterocycles. The number of hydrogen-bond donors (Lipinski definition) is 1. The highest BCUT2D eigenvalue weighted by atomic mass is 127. The van der Waals surface area contributed by atoms with Crippen LogP contribution in [0.1, 0.15) is 5.56 Å². The number of nitrogen functional groups attached to an aromatic ring is 1. The summed E-state index contributed by atoms with van der Waals surface area (Å²) in [6.07, 6.45) is 1.78. The predicted molar refractivity (Wildman–Crippen MR) is 80.3 cm³/mol. The number of rotatable bonds is 1. The van der Waals surface area contributed by atoms with E-state index in [9.17, 15) is 0 Å². The van der Waals surface area contributed by atoms with Gasteiger partial charge >= 0.3 is 0 Å². The number of halogens is 1. The zero-order valence-electron chi connectivity index (χ0n) is 9.71. The fourth-order valence-electron chi connectivity index (χ4n) is 1.84. The van der Waals surface area contributed by atoms with Gasteiger partial charge in [-0.25, -0.2) is 9.50 Å². The first kappa shape index (κ1) is 11.9. The van der Waals surface area contributed by atoms with Gasteiger partial charge in [0.1, 0.15) is 11.5 Å². The molecule has 0 amide bonds. The first-order valence-corrected chi connectivity index (χ1v) is 6.58. The molecule has 5 nitrogen and oxygen atoms in total. The Kier molecular flexibility index (Phi) is 2.83. The maximum atomic E-state index is 8.95. The smallest absolute Gasteiger partial charge is 0.171 e. The minimum atomic E-state index is 0.461. The Hall–Kier alpha value is -2.14. The Morgan fingerprint density at radius 2 is 2.16 bits per heavy atom. The highest BCUT2D eigenvalue weighted by molar-refractivity contribution is 14.1. The van der Waals surface area contributed by atoms with Gasteiger partial charge < -0.3 is 5.73 Å². The average Bonchev–Trinajstić information content (AvgIpc) is 2.76. The van der Waals surface area contributed by atoms with Gasteiger partial charge in [0, 0.05) is 11.8 Å². The zero-order valence-corrected chi connectivity index (χ0v) is 11.9. The molecule has 1 aromatic carbocycles. The van der Waals surface area contributed by atoms with Gasteiger partial charge in [-0.05, 0) is 40.8 Å². The number of nitrogens with zero attached hydrogens (tertiary/aromatic N) is 4. The van der Waals surface area contributed by atoms with Crippen LogP contribution in [0.2, 0.25) is 0 Å². The number of nitriles is 1. The number of aromatic nitrogens is 3. The van der Waals surface area contributed by atoms with Crippen LogP contribution in [0.15, 0.2) is 36.5 Å². The molecule has 3 rings (SSSR count). The molecule has 0 fully saturated rings. The summed E-state index contributed by atoms with van der Waals surface area (Å²) >= 11 is 2.19. The molecular weight excluding hydrogens is 353 g/mol. The number of hydrogen-bond acceptors (Lipinski definition) is 4. The largest absolute Gasteiger partial charge is 0.384 e. The molecule has 0 radical (unpaired) electrons. The molecule has 2 heterocycles. The summed E-state index contributed by atoms with van der Waals surface area (Å²) in [5, 5.41) is 13.4. The van der Waals surface area contributed by atoms with Gasteiger partial charge in [-0.1, -0.05) is 12.1 Å². The van der Waals surface area contributed by atoms with Crippen LogP contribution in [0.5, 0.6) is 0 Å². The lowest BCUT2D eigenvalue weighted by Gasteiger charge is -1.97. The average molecular weight is 361 g/mol. The molecule has 0 aliphatic rings. The summed E-state index contributed by atoms with van der Waals surface area (Å²) in [6, 6.07) is 11.2. The predicted octanol–water partition coefficient (Wildman–Crippen LogP) is 2.45. The van der Waals surface area contributed by atoms with Crippen molar-refractivity contribution in [2.45, 2.75) is 0 Å². The molecule has 3 aromatic rings. The van der Waals surface area contributed by atoms with Crippen molar-refractivity contribution in [2.75, 3.05) is 5.73 Å². The van der Waals surface area contributed by atoms with E-state index in [1.165, 1.54) is 0 Å². The summed E-state index contributed by atoms with van der Waals surface area (Å²) in [4.78, 5) is 4.27. The molecule has 0 bridgehead atoms. The van der Waals surface area contributed by atoms with Gasteiger partial charge in [0.05, 0.1) is 15.2 Å². The van der Waals surface area contributed by atoms with Crippen LogP contribution in [-0.4, -0.2) is 14.6 Å². The van der Waals surface area contributed by atoms with Crippen molar-refractivity contribution in [3.63, 3.8) is 0 Å². The van der Waals surface area contributed by atoms with Crippen LogP contribution in [0, 0.1) is 14.9 Å². The fraction of sp³-hybridized carbons (Fsp3) is 0. The molecule has 0 spiro atoms. The second-order valence-electron chi connectivity index (χ2n) is 3.98. The molecule has 0 aliphatic heterocycles. The Balaban J connectivity index is 2.25. The lowest BCUT2D eigenvalue weighted by atomic mass is 10.1. The summed E-state index contributed by atoms with van der Waals surface area (Å²) in [5.41, 5.74) is 8.71. The van der Waals surface area contributed by atoms with E-state index in [0.29, 0.717) is 11.4 Å². The molecule has 2 N–H and O–H groups in total. The normalized spacial score (nSPS) is 10.5. The Morgan fingerprint density at radius 1 is 1.32 bits per heavy atom. The Labute approximate surface area is 122 Å². The Morgan fingerprint density at radius 3 is 2.95 bits per heavy atom. The van der Waals surface area contributed by atoms with Crippen LogP contribution in [0.3, 0.4) is 0 Å². The maximum absolute atomic E-state index is 8.95. The van der Waals surface area contributed by atoms with E-state index in [2.05, 4.69) is 38.7 Å². The van der Waals surface area contributed by atoms with Gasteiger partial charge in [0.25, 0.3) is 0 Å². The molecule has 0 unspecified atom stereocenters. The highest BCUT2D eigenvalue weighted by Crippen LogP contribution is 2.27. The van der Waals surface area contributed by atoms with Gasteiger partial charge in [-0.3, -0.25) is 0 Å². The fourth-order valence-corrected chi connectivity index (χ4v) is 2.62. The quantitative estimate of drug-likeness (QED) is 0.676. The van der Waals surface area contributed by atoms with E-state index >= 15 is 0 Å². The lowest BCUT2D eigenvalue weighted by Crippen LogP contribution is -1.94. The van der Waals surface area contributed by atoms with Crippen molar-refractivity contribution >= 4 is 34.1 Å². The molecule has 19 heavy (non-hydrogen) atoms. The third-order valence-electron chi connectivity index (χ3n) is 2.72. The SMILES string of the molecule is N#Cc1cccc(-c2nn3ccc(N)nc3c2I)c1. The number of fused-ring (bicyclic) bond motifs is 1. The van der Waals surface area contributed by atoms with Gasteiger partial charge in [-0.15, -0.1) is 0 Å². The van der Waals surface area contributed by atoms with E-state index in [0.717, 1.165) is 20.5 Å². The molecule has 92 valence electrons. The molecule has 0 atom stereocenters. The molecule has 6 heteroatoms. The first-order valence-electron chi connectivity index (χ1n) is 5.50. The number of nitrogens with two attached hydrogens (primary N) is 1. The molecule has 0 saturated carbocycles. The van der Waals surface area contributed by atoms with Gasteiger partial charge in [0.15, 0.2) is 5.65 Å². The Bertz CT molecular complexity index is 816. The van der Waals surface area contributed by atoms with Crippen molar-refractivity contribution in [2.24, 2.45) is 0 Å². The minimum absolute atomic E-state index is 0.461. The van der Waals surface area contributed by atoms with E-state index in [4.69, 9.17) is 11.0 Å². The minimum Gasteiger partial charge on any atom is -0.384 e. The van der Waals surface area contributed by atoms with E-state index in [1.807, 2.05) is 18.2 Å². The van der Waals surface area contributed by atoms with Crippen molar-refractivity contribution in [3.05, 3.63) is 45.7 Å². The first-order chi connectivity index (χ1) is 9.19. The lowest BCUT2D eigenvalue weighted by molar-refractivity contribution is 0.945. The van der Waals surface area contributed by atoms with Crippen LogP contribution in [0.25, 0.3) is 16.9 Å². The third kappa shape index (κ3) is 2.02. The maximum Gasteiger partial charge on any atom is 0.171 e. The van der Waals surface area contributed by atoms with Crippen LogP contribution < -0.4 is 5.73 Å². The summed E-state index contributed by atoms with van der Waals surface area (Å²) in [6.45, 7) is 0. The van der Waals surface area contributed by atoms with Gasteiger partial charge in [-0.2, -0.15) is 10.4 Å². The summed E-state index contributed by atoms with van der Waals surface area (Å²) < 4.78 is 2.60. The second kappa shape index (κ2) is 4.51. The van der Waals surface area contributed by atoms with Crippen molar-refractivity contribution < 1.29 is 0 Å². The topological polar surface area (TPSA) is 80.0 Å². The number of benzene rings is 1. The van der Waals surface area contributed by atoms with Crippen LogP contribution >= 0.6 is 22.6 Å². The second-order valence-corrected chi connectivity index (χ2v) is 5.05. The van der Waals surface area contributed by atoms with Crippen molar-refractivity contribution in [1.29, 1.82) is 5.26 Å². The molecule has 2 aromatic heterocycles. The zero-order chi connectivity index (χ0) is 13.4. The monoisotopic (exact) mass is 361 g/mol. The van der Waals surface area contributed by atoms with E-state index < -0.39 is 0 Å². The molecular formula is C13H8IN5. The summed E-state index contributed by atoms with van der Waals surface area (Å²) in [7, 11) is 0. The van der Waals surface area contributed by atoms with E-state index in [-0.39, 0.29) is 0 Å². The van der Waals surface area contributed by atoms with Crippen LogP contribution in [-0.2, 0) is 0 Å². The van der Waals surface area contributed by atoms with Gasteiger partial charge in [0.2, 0.25) is 0 Å². The standard InChI is InChI=1S/C13H8IN5/c14-11-12(9-3-1-2-8(6-9)7-15)18-19-5-4-10(16)17-13(11)19/h1-6H,(H2,16,17). The number of anilines is 1. The highest BCUT2D eigenvalue weighted by Gasteiger charge is 2.13. The molecule has 0 aliphatic carbocycles. The van der Waals surface area contributed by atoms with Crippen molar-refractivity contribution in [1.82, 2.24) is 14.6 Å².